The second kappa shape index (κ2) is 9.73. The van der Waals surface area contributed by atoms with E-state index in [1.807, 2.05) is 18.2 Å². The molecule has 22 heavy (non-hydrogen) atoms. The number of benzene rings is 2. The van der Waals surface area contributed by atoms with Gasteiger partial charge in [-0.3, -0.25) is 0 Å². The number of nitrogens with one attached hydrogen (secondary N) is 1. The molecule has 0 aliphatic carbocycles. The average Bonchev–Trinajstić information content (AvgIpc) is 2.52. The maximum Gasteiger partial charge on any atom is 0.0450 e. The topological polar surface area (TPSA) is 15.3 Å². The Morgan fingerprint density at radius 1 is 0.909 bits per heavy atom. The van der Waals surface area contributed by atoms with Gasteiger partial charge in [0.2, 0.25) is 0 Å². The van der Waals surface area contributed by atoms with Crippen LogP contribution in [-0.2, 0) is 13.1 Å². The van der Waals surface area contributed by atoms with Crippen molar-refractivity contribution in [2.45, 2.75) is 26.9 Å². The molecule has 0 atom stereocenters. The lowest BCUT2D eigenvalue weighted by molar-refractivity contribution is 0.693. The number of anilines is 1. The van der Waals surface area contributed by atoms with Crippen LogP contribution >= 0.6 is 24.0 Å². The van der Waals surface area contributed by atoms with Gasteiger partial charge < -0.3 is 10.2 Å². The van der Waals surface area contributed by atoms with Gasteiger partial charge in [-0.05, 0) is 43.2 Å². The van der Waals surface area contributed by atoms with Crippen LogP contribution in [0.1, 0.15) is 25.0 Å². The van der Waals surface area contributed by atoms with Gasteiger partial charge in [-0.15, -0.1) is 12.4 Å². The van der Waals surface area contributed by atoms with Crippen LogP contribution in [0.5, 0.6) is 0 Å². The zero-order valence-corrected chi connectivity index (χ0v) is 14.8. The molecule has 0 aromatic heterocycles. The molecule has 0 unspecified atom stereocenters. The van der Waals surface area contributed by atoms with Crippen LogP contribution in [0, 0.1) is 0 Å². The van der Waals surface area contributed by atoms with Crippen molar-refractivity contribution in [2.24, 2.45) is 0 Å². The van der Waals surface area contributed by atoms with Gasteiger partial charge >= 0.3 is 0 Å². The van der Waals surface area contributed by atoms with Crippen molar-refractivity contribution < 1.29 is 0 Å². The van der Waals surface area contributed by atoms with Crippen molar-refractivity contribution in [2.75, 3.05) is 18.0 Å². The van der Waals surface area contributed by atoms with Crippen molar-refractivity contribution in [3.05, 3.63) is 64.7 Å². The third-order valence-electron chi connectivity index (χ3n) is 3.67. The van der Waals surface area contributed by atoms with Gasteiger partial charge in [0.05, 0.1) is 0 Å². The average molecular weight is 339 g/mol. The van der Waals surface area contributed by atoms with E-state index in [-0.39, 0.29) is 12.4 Å². The summed E-state index contributed by atoms with van der Waals surface area (Å²) in [6.07, 6.45) is 0. The van der Waals surface area contributed by atoms with E-state index in [9.17, 15) is 0 Å². The van der Waals surface area contributed by atoms with Crippen LogP contribution in [0.15, 0.2) is 48.5 Å². The van der Waals surface area contributed by atoms with Crippen LogP contribution in [-0.4, -0.2) is 13.1 Å². The van der Waals surface area contributed by atoms with E-state index in [0.717, 1.165) is 36.8 Å². The van der Waals surface area contributed by atoms with Gasteiger partial charge in [0.25, 0.3) is 0 Å². The summed E-state index contributed by atoms with van der Waals surface area (Å²) < 4.78 is 0. The minimum absolute atomic E-state index is 0. The Kier molecular flexibility index (Phi) is 8.32. The first kappa shape index (κ1) is 18.8. The molecule has 0 aliphatic heterocycles. The second-order valence-electron chi connectivity index (χ2n) is 5.03. The molecule has 0 saturated carbocycles. The summed E-state index contributed by atoms with van der Waals surface area (Å²) in [7, 11) is 0. The van der Waals surface area contributed by atoms with Crippen molar-refractivity contribution in [1.29, 1.82) is 0 Å². The van der Waals surface area contributed by atoms with E-state index in [1.165, 1.54) is 11.3 Å². The van der Waals surface area contributed by atoms with Gasteiger partial charge in [-0.1, -0.05) is 41.9 Å². The maximum atomic E-state index is 6.15. The van der Waals surface area contributed by atoms with E-state index in [2.05, 4.69) is 54.4 Å². The molecular weight excluding hydrogens is 315 g/mol. The highest BCUT2D eigenvalue weighted by Gasteiger charge is 2.02. The highest BCUT2D eigenvalue weighted by atomic mass is 35.5. The van der Waals surface area contributed by atoms with E-state index >= 15 is 0 Å². The molecule has 0 heterocycles. The first-order valence-electron chi connectivity index (χ1n) is 7.52. The number of rotatable bonds is 7. The van der Waals surface area contributed by atoms with Crippen molar-refractivity contribution in [3.8, 4) is 0 Å². The summed E-state index contributed by atoms with van der Waals surface area (Å²) >= 11 is 6.15. The minimum atomic E-state index is 0. The van der Waals surface area contributed by atoms with E-state index in [4.69, 9.17) is 11.6 Å². The number of hydrogen-bond acceptors (Lipinski definition) is 2. The minimum Gasteiger partial charge on any atom is -0.372 e. The molecule has 2 aromatic rings. The molecule has 2 aromatic carbocycles. The van der Waals surface area contributed by atoms with E-state index in [0.29, 0.717) is 0 Å². The molecular formula is C18H24Cl2N2. The number of halogens is 2. The van der Waals surface area contributed by atoms with Crippen LogP contribution in [0.4, 0.5) is 5.69 Å². The fourth-order valence-electron chi connectivity index (χ4n) is 2.40. The lowest BCUT2D eigenvalue weighted by Gasteiger charge is -2.21. The molecule has 4 heteroatoms. The summed E-state index contributed by atoms with van der Waals surface area (Å²) in [5.74, 6) is 0. The number of nitrogens with zero attached hydrogens (tertiary/aromatic N) is 1. The fourth-order valence-corrected chi connectivity index (χ4v) is 2.60. The Balaban J connectivity index is 0.00000242. The first-order valence-corrected chi connectivity index (χ1v) is 7.90. The van der Waals surface area contributed by atoms with Gasteiger partial charge in [-0.2, -0.15) is 0 Å². The molecule has 1 N–H and O–H groups in total. The van der Waals surface area contributed by atoms with Gasteiger partial charge in [0, 0.05) is 36.9 Å². The zero-order chi connectivity index (χ0) is 15.1. The van der Waals surface area contributed by atoms with Crippen molar-refractivity contribution >= 4 is 29.7 Å². The SMILES string of the molecule is CCN(CC)c1ccc(CNCc2ccccc2Cl)cc1.Cl. The summed E-state index contributed by atoms with van der Waals surface area (Å²) in [6, 6.07) is 16.7. The molecule has 0 aliphatic rings. The Morgan fingerprint density at radius 3 is 2.14 bits per heavy atom. The molecule has 0 bridgehead atoms. The lowest BCUT2D eigenvalue weighted by atomic mass is 10.1. The van der Waals surface area contributed by atoms with Crippen LogP contribution in [0.2, 0.25) is 5.02 Å². The Morgan fingerprint density at radius 2 is 1.55 bits per heavy atom. The van der Waals surface area contributed by atoms with Crippen LogP contribution < -0.4 is 10.2 Å². The Labute approximate surface area is 144 Å². The molecule has 0 spiro atoms. The lowest BCUT2D eigenvalue weighted by Crippen LogP contribution is -2.21. The highest BCUT2D eigenvalue weighted by molar-refractivity contribution is 6.31. The normalized spacial score (nSPS) is 10.1. The summed E-state index contributed by atoms with van der Waals surface area (Å²) in [4.78, 5) is 2.35. The van der Waals surface area contributed by atoms with Gasteiger partial charge in [0.1, 0.15) is 0 Å². The Hall–Kier alpha value is -1.22. The summed E-state index contributed by atoms with van der Waals surface area (Å²) in [5.41, 5.74) is 3.71. The van der Waals surface area contributed by atoms with Crippen molar-refractivity contribution in [3.63, 3.8) is 0 Å². The predicted octanol–water partition coefficient (Wildman–Crippen LogP) is 4.90. The first-order chi connectivity index (χ1) is 10.2. The van der Waals surface area contributed by atoms with Crippen molar-refractivity contribution in [1.82, 2.24) is 5.32 Å². The molecule has 2 rings (SSSR count). The fraction of sp³-hybridized carbons (Fsp3) is 0.333. The monoisotopic (exact) mass is 338 g/mol. The Bertz CT molecular complexity index is 551. The number of hydrogen-bond donors (Lipinski definition) is 1. The zero-order valence-electron chi connectivity index (χ0n) is 13.2. The largest absolute Gasteiger partial charge is 0.372 e. The molecule has 0 amide bonds. The standard InChI is InChI=1S/C18H23ClN2.ClH/c1-3-21(4-2)17-11-9-15(10-12-17)13-20-14-16-7-5-6-8-18(16)19;/h5-12,20H,3-4,13-14H2,1-2H3;1H. The predicted molar refractivity (Wildman–Crippen MR) is 99.2 cm³/mol. The summed E-state index contributed by atoms with van der Waals surface area (Å²) in [5, 5.41) is 4.26. The molecule has 2 nitrogen and oxygen atoms in total. The van der Waals surface area contributed by atoms with Crippen LogP contribution in [0.3, 0.4) is 0 Å². The van der Waals surface area contributed by atoms with Gasteiger partial charge in [-0.25, -0.2) is 0 Å². The highest BCUT2D eigenvalue weighted by Crippen LogP contribution is 2.16. The second-order valence-corrected chi connectivity index (χ2v) is 5.44. The maximum absolute atomic E-state index is 6.15. The van der Waals surface area contributed by atoms with Crippen LogP contribution in [0.25, 0.3) is 0 Å². The summed E-state index contributed by atoms with van der Waals surface area (Å²) in [6.45, 7) is 8.09. The molecule has 0 radical (unpaired) electrons. The molecule has 0 saturated heterocycles. The van der Waals surface area contributed by atoms with Gasteiger partial charge in [0.15, 0.2) is 0 Å². The molecule has 120 valence electrons. The van der Waals surface area contributed by atoms with E-state index in [1.54, 1.807) is 0 Å². The third-order valence-corrected chi connectivity index (χ3v) is 4.04. The van der Waals surface area contributed by atoms with E-state index < -0.39 is 0 Å². The smallest absolute Gasteiger partial charge is 0.0450 e. The molecule has 0 fully saturated rings. The quantitative estimate of drug-likeness (QED) is 0.772. The third kappa shape index (κ3) is 5.20.